The summed E-state index contributed by atoms with van der Waals surface area (Å²) in [5.74, 6) is 0.265. The zero-order valence-electron chi connectivity index (χ0n) is 32.4. The van der Waals surface area contributed by atoms with E-state index in [1.165, 1.54) is 0 Å². The van der Waals surface area contributed by atoms with Gasteiger partial charge in [-0.1, -0.05) is 19.9 Å². The summed E-state index contributed by atoms with van der Waals surface area (Å²) in [7, 11) is 0. The van der Waals surface area contributed by atoms with Crippen molar-refractivity contribution >= 4 is 5.97 Å². The first-order valence-corrected chi connectivity index (χ1v) is 20.2. The molecule has 1 spiro atoms. The lowest BCUT2D eigenvalue weighted by atomic mass is 9.41. The van der Waals surface area contributed by atoms with Gasteiger partial charge in [-0.3, -0.25) is 4.79 Å². The van der Waals surface area contributed by atoms with Crippen LogP contribution in [0.1, 0.15) is 78.6 Å². The first-order valence-electron chi connectivity index (χ1n) is 20.2. The molecule has 7 fully saturated rings. The molecule has 0 aromatic carbocycles. The van der Waals surface area contributed by atoms with Crippen LogP contribution in [0.2, 0.25) is 0 Å². The molecule has 20 atom stereocenters. The number of rotatable bonds is 10. The van der Waals surface area contributed by atoms with Gasteiger partial charge in [0.25, 0.3) is 0 Å². The van der Waals surface area contributed by atoms with Gasteiger partial charge in [-0.2, -0.15) is 0 Å². The standard InChI is InChI=1S/C39H62O17/c1-5-50-35(49)37(4)10-6-9-36(3)22(37)7-11-38-13-18(2)39(17-38,12-8-23(36)38)56-34-31(55-32-28(47)24(43)19(42)16-51-32)30(26(45)21(15-41)53-34)54-33-29(48)27(46)25(44)20(14-40)52-33/h19-34,40-48H,2,5-17H2,1,3-4H3/t19-,20-,21-,22+,23+,24+,25-,26-,27+,28-,29-,30+,31-,32+,33+,34+,36-,37-,38-,39+/m1/s1. The summed E-state index contributed by atoms with van der Waals surface area (Å²) in [6.07, 6.45) is -15.7. The Labute approximate surface area is 326 Å². The molecule has 0 aromatic rings. The zero-order chi connectivity index (χ0) is 40.5. The first kappa shape index (κ1) is 42.7. The molecule has 2 bridgehead atoms. The van der Waals surface area contributed by atoms with E-state index in [1.54, 1.807) is 0 Å². The second-order valence-corrected chi connectivity index (χ2v) is 18.0. The topological polar surface area (TPSA) is 264 Å². The molecule has 7 rings (SSSR count). The van der Waals surface area contributed by atoms with Crippen molar-refractivity contribution in [3.05, 3.63) is 12.2 Å². The smallest absolute Gasteiger partial charge is 0.312 e. The molecule has 7 aliphatic rings. The molecule has 320 valence electrons. The maximum absolute atomic E-state index is 13.5. The summed E-state index contributed by atoms with van der Waals surface area (Å²) >= 11 is 0. The molecule has 3 saturated heterocycles. The number of aliphatic hydroxyl groups is 9. The number of aliphatic hydroxyl groups excluding tert-OH is 9. The van der Waals surface area contributed by atoms with E-state index in [0.29, 0.717) is 25.9 Å². The summed E-state index contributed by atoms with van der Waals surface area (Å²) in [4.78, 5) is 13.5. The van der Waals surface area contributed by atoms with Crippen molar-refractivity contribution < 1.29 is 83.9 Å². The van der Waals surface area contributed by atoms with Gasteiger partial charge in [0.15, 0.2) is 18.9 Å². The van der Waals surface area contributed by atoms with Crippen molar-refractivity contribution in [1.29, 1.82) is 0 Å². The lowest BCUT2D eigenvalue weighted by Gasteiger charge is -2.64. The van der Waals surface area contributed by atoms with E-state index >= 15 is 0 Å². The molecule has 17 heteroatoms. The Morgan fingerprint density at radius 2 is 1.41 bits per heavy atom. The molecule has 0 radical (unpaired) electrons. The summed E-state index contributed by atoms with van der Waals surface area (Å²) in [5, 5.41) is 95.1. The van der Waals surface area contributed by atoms with Crippen molar-refractivity contribution in [1.82, 2.24) is 0 Å². The Kier molecular flexibility index (Phi) is 12.1. The van der Waals surface area contributed by atoms with Gasteiger partial charge in [0.2, 0.25) is 0 Å². The minimum absolute atomic E-state index is 0.133. The van der Waals surface area contributed by atoms with Crippen LogP contribution in [0.5, 0.6) is 0 Å². The molecule has 0 amide bonds. The van der Waals surface area contributed by atoms with Gasteiger partial charge < -0.3 is 79.1 Å². The Morgan fingerprint density at radius 3 is 2.11 bits per heavy atom. The monoisotopic (exact) mass is 802 g/mol. The van der Waals surface area contributed by atoms with Crippen LogP contribution in [0.4, 0.5) is 0 Å². The average Bonchev–Trinajstić information content (AvgIpc) is 3.36. The highest BCUT2D eigenvalue weighted by Gasteiger charge is 2.69. The van der Waals surface area contributed by atoms with E-state index < -0.39 is 117 Å². The SMILES string of the molecule is C=C1C[C@@]23CC[C@H]4[C@@](C)(CCC[C@@]4(C)C(=O)OCC)[C@@H]2CC[C@]1(O[C@@H]1O[C@H](CO)[C@@H](O)[C@H](O[C@@H]2O[C@H](CO)[C@@H](O)[C@H](O)[C@H]2O)[C@H]1O[C@@H]1OC[C@@H](O)[C@H](O)[C@H]1O)C3. The van der Waals surface area contributed by atoms with E-state index in [0.717, 1.165) is 44.1 Å². The number of hydrogen-bond donors (Lipinski definition) is 9. The van der Waals surface area contributed by atoms with Crippen molar-refractivity contribution in [3.8, 4) is 0 Å². The summed E-state index contributed by atoms with van der Waals surface area (Å²) in [6, 6.07) is 0. The van der Waals surface area contributed by atoms with E-state index in [-0.39, 0.29) is 28.6 Å². The number of hydrogen-bond acceptors (Lipinski definition) is 17. The third-order valence-corrected chi connectivity index (χ3v) is 14.9. The van der Waals surface area contributed by atoms with Gasteiger partial charge in [-0.25, -0.2) is 0 Å². The lowest BCUT2D eigenvalue weighted by molar-refractivity contribution is -0.395. The lowest BCUT2D eigenvalue weighted by Crippen LogP contribution is -2.67. The summed E-state index contributed by atoms with van der Waals surface area (Å²) < 4.78 is 42.4. The first-order chi connectivity index (χ1) is 26.5. The summed E-state index contributed by atoms with van der Waals surface area (Å²) in [6.45, 7) is 9.22. The number of carbonyl (C=O) groups is 1. The van der Waals surface area contributed by atoms with Gasteiger partial charge in [0.1, 0.15) is 67.1 Å². The molecule has 0 aromatic heterocycles. The number of carbonyl (C=O) groups excluding carboxylic acids is 1. The Morgan fingerprint density at radius 1 is 0.768 bits per heavy atom. The third kappa shape index (κ3) is 6.89. The Hall–Kier alpha value is -1.39. The molecule has 56 heavy (non-hydrogen) atoms. The molecule has 4 saturated carbocycles. The van der Waals surface area contributed by atoms with Crippen molar-refractivity contribution in [2.45, 2.75) is 170 Å². The Balaban J connectivity index is 1.19. The largest absolute Gasteiger partial charge is 0.466 e. The molecule has 17 nitrogen and oxygen atoms in total. The quantitative estimate of drug-likeness (QED) is 0.0710. The third-order valence-electron chi connectivity index (χ3n) is 14.9. The minimum Gasteiger partial charge on any atom is -0.466 e. The van der Waals surface area contributed by atoms with Crippen LogP contribution in [0.15, 0.2) is 12.2 Å². The van der Waals surface area contributed by atoms with Crippen LogP contribution in [-0.2, 0) is 38.0 Å². The van der Waals surface area contributed by atoms with E-state index in [1.807, 2.05) is 6.92 Å². The maximum Gasteiger partial charge on any atom is 0.312 e. The fourth-order valence-corrected chi connectivity index (χ4v) is 12.1. The molecule has 3 heterocycles. The Bertz CT molecular complexity index is 1430. The van der Waals surface area contributed by atoms with Gasteiger partial charge in [0.05, 0.1) is 37.4 Å². The average molecular weight is 803 g/mol. The molecule has 9 N–H and O–H groups in total. The number of esters is 1. The van der Waals surface area contributed by atoms with Crippen LogP contribution < -0.4 is 0 Å². The van der Waals surface area contributed by atoms with Crippen LogP contribution >= 0.6 is 0 Å². The highest BCUT2D eigenvalue weighted by Crippen LogP contribution is 2.73. The second-order valence-electron chi connectivity index (χ2n) is 18.0. The van der Waals surface area contributed by atoms with E-state index in [2.05, 4.69) is 20.4 Å². The van der Waals surface area contributed by atoms with Crippen LogP contribution in [0, 0.1) is 28.1 Å². The number of ether oxygens (including phenoxy) is 7. The van der Waals surface area contributed by atoms with Gasteiger partial charge in [-0.05, 0) is 93.5 Å². The van der Waals surface area contributed by atoms with Crippen molar-refractivity contribution in [2.75, 3.05) is 26.4 Å². The van der Waals surface area contributed by atoms with Gasteiger partial charge in [-0.15, -0.1) is 0 Å². The van der Waals surface area contributed by atoms with Crippen LogP contribution in [0.3, 0.4) is 0 Å². The van der Waals surface area contributed by atoms with Crippen molar-refractivity contribution in [3.63, 3.8) is 0 Å². The molecule has 4 aliphatic carbocycles. The molecular formula is C39H62O17. The highest BCUT2D eigenvalue weighted by atomic mass is 16.8. The predicted molar refractivity (Wildman–Crippen MR) is 190 cm³/mol. The van der Waals surface area contributed by atoms with Crippen LogP contribution in [-0.4, -0.2) is 170 Å². The molecule has 0 unspecified atom stereocenters. The minimum atomic E-state index is -1.87. The molecule has 3 aliphatic heterocycles. The fourth-order valence-electron chi connectivity index (χ4n) is 12.1. The number of fused-ring (bicyclic) bond motifs is 3. The normalized spacial score (nSPS) is 53.2. The van der Waals surface area contributed by atoms with Crippen molar-refractivity contribution in [2.24, 2.45) is 28.1 Å². The van der Waals surface area contributed by atoms with Gasteiger partial charge >= 0.3 is 5.97 Å². The maximum atomic E-state index is 13.5. The van der Waals surface area contributed by atoms with E-state index in [9.17, 15) is 50.8 Å². The van der Waals surface area contributed by atoms with Gasteiger partial charge in [0, 0.05) is 0 Å². The van der Waals surface area contributed by atoms with Crippen LogP contribution in [0.25, 0.3) is 0 Å². The molecular weight excluding hydrogens is 740 g/mol. The zero-order valence-corrected chi connectivity index (χ0v) is 32.4. The second kappa shape index (κ2) is 15.9. The fraction of sp³-hybridized carbons (Fsp3) is 0.923. The predicted octanol–water partition coefficient (Wildman–Crippen LogP) is -1.25. The summed E-state index contributed by atoms with van der Waals surface area (Å²) in [5.41, 5.74) is -1.07. The van der Waals surface area contributed by atoms with E-state index in [4.69, 9.17) is 33.2 Å². The highest BCUT2D eigenvalue weighted by molar-refractivity contribution is 5.77.